The van der Waals surface area contributed by atoms with Crippen LogP contribution in [0.25, 0.3) is 0 Å². The second kappa shape index (κ2) is 5.11. The van der Waals surface area contributed by atoms with E-state index in [1.54, 1.807) is 0 Å². The second-order valence-corrected chi connectivity index (χ2v) is 5.54. The lowest BCUT2D eigenvalue weighted by Crippen LogP contribution is -2.57. The van der Waals surface area contributed by atoms with E-state index < -0.39 is 0 Å². The lowest BCUT2D eigenvalue weighted by molar-refractivity contribution is 0.0430. The van der Waals surface area contributed by atoms with Gasteiger partial charge in [0.2, 0.25) is 0 Å². The number of nitrogens with zero attached hydrogens (tertiary/aromatic N) is 2. The Hall–Kier alpha value is -1.35. The summed E-state index contributed by atoms with van der Waals surface area (Å²) in [6.07, 6.45) is 3.80. The van der Waals surface area contributed by atoms with Crippen LogP contribution in [0.5, 0.6) is 0 Å². The molecule has 0 bridgehead atoms. The molecule has 1 aromatic rings. The zero-order chi connectivity index (χ0) is 13.2. The number of amidine groups is 1. The number of hydrogen-bond donors (Lipinski definition) is 1. The normalized spacial score (nSPS) is 17.3. The van der Waals surface area contributed by atoms with Gasteiger partial charge in [0.15, 0.2) is 0 Å². The molecule has 1 aliphatic rings. The van der Waals surface area contributed by atoms with Gasteiger partial charge in [-0.25, -0.2) is 0 Å². The summed E-state index contributed by atoms with van der Waals surface area (Å²) < 4.78 is 0. The molecular formula is C15H23N3. The molecule has 98 valence electrons. The Kier molecular flexibility index (Phi) is 3.71. The molecule has 0 unspecified atom stereocenters. The van der Waals surface area contributed by atoms with E-state index in [1.165, 1.54) is 19.3 Å². The van der Waals surface area contributed by atoms with Gasteiger partial charge in [0.05, 0.1) is 0 Å². The van der Waals surface area contributed by atoms with Gasteiger partial charge in [-0.05, 0) is 33.4 Å². The van der Waals surface area contributed by atoms with Gasteiger partial charge in [0.1, 0.15) is 5.84 Å². The summed E-state index contributed by atoms with van der Waals surface area (Å²) in [5.41, 5.74) is 1.27. The first-order chi connectivity index (χ1) is 8.55. The van der Waals surface area contributed by atoms with Gasteiger partial charge in [-0.1, -0.05) is 30.3 Å². The Morgan fingerprint density at radius 1 is 1.17 bits per heavy atom. The minimum atomic E-state index is 0.274. The molecule has 0 aromatic heterocycles. The number of nitrogens with one attached hydrogen (secondary N) is 1. The van der Waals surface area contributed by atoms with Crippen LogP contribution in [0.15, 0.2) is 30.3 Å². The maximum absolute atomic E-state index is 8.26. The van der Waals surface area contributed by atoms with Gasteiger partial charge in [0, 0.05) is 24.7 Å². The highest BCUT2D eigenvalue weighted by atomic mass is 15.2. The summed E-state index contributed by atoms with van der Waals surface area (Å²) in [6, 6.07) is 9.97. The molecule has 0 aliphatic heterocycles. The van der Waals surface area contributed by atoms with E-state index in [0.29, 0.717) is 5.84 Å². The maximum atomic E-state index is 8.26. The molecule has 1 aliphatic carbocycles. The van der Waals surface area contributed by atoms with Gasteiger partial charge in [-0.2, -0.15) is 0 Å². The van der Waals surface area contributed by atoms with Crippen LogP contribution in [0.1, 0.15) is 24.8 Å². The zero-order valence-corrected chi connectivity index (χ0v) is 11.6. The largest absolute Gasteiger partial charge is 0.358 e. The fraction of sp³-hybridized carbons (Fsp3) is 0.533. The Morgan fingerprint density at radius 2 is 1.78 bits per heavy atom. The molecule has 0 amide bonds. The fourth-order valence-corrected chi connectivity index (χ4v) is 2.67. The first-order valence-electron chi connectivity index (χ1n) is 6.58. The minimum absolute atomic E-state index is 0.274. The van der Waals surface area contributed by atoms with Crippen LogP contribution in [0, 0.1) is 5.41 Å². The quantitative estimate of drug-likeness (QED) is 0.652. The van der Waals surface area contributed by atoms with Gasteiger partial charge < -0.3 is 9.80 Å². The van der Waals surface area contributed by atoms with E-state index in [1.807, 2.05) is 37.4 Å². The van der Waals surface area contributed by atoms with Crippen LogP contribution >= 0.6 is 0 Å². The van der Waals surface area contributed by atoms with Gasteiger partial charge >= 0.3 is 0 Å². The summed E-state index contributed by atoms with van der Waals surface area (Å²) in [6.45, 7) is 0.938. The third kappa shape index (κ3) is 2.41. The Morgan fingerprint density at radius 3 is 2.22 bits per heavy atom. The summed E-state index contributed by atoms with van der Waals surface area (Å²) in [5, 5.41) is 8.26. The minimum Gasteiger partial charge on any atom is -0.358 e. The highest BCUT2D eigenvalue weighted by Gasteiger charge is 2.40. The average Bonchev–Trinajstić information content (AvgIpc) is 2.33. The maximum Gasteiger partial charge on any atom is 0.127 e. The molecule has 1 N–H and O–H groups in total. The Labute approximate surface area is 110 Å². The van der Waals surface area contributed by atoms with E-state index in [-0.39, 0.29) is 5.54 Å². The van der Waals surface area contributed by atoms with Crippen LogP contribution < -0.4 is 0 Å². The molecule has 1 fully saturated rings. The third-order valence-electron chi connectivity index (χ3n) is 4.19. The highest BCUT2D eigenvalue weighted by molar-refractivity contribution is 5.96. The average molecular weight is 245 g/mol. The van der Waals surface area contributed by atoms with Crippen LogP contribution in [-0.2, 0) is 0 Å². The Balaban J connectivity index is 2.04. The van der Waals surface area contributed by atoms with Gasteiger partial charge in [0.25, 0.3) is 0 Å². The molecule has 3 nitrogen and oxygen atoms in total. The van der Waals surface area contributed by atoms with Crippen molar-refractivity contribution in [2.75, 3.05) is 27.7 Å². The fourth-order valence-electron chi connectivity index (χ4n) is 2.67. The first-order valence-corrected chi connectivity index (χ1v) is 6.58. The summed E-state index contributed by atoms with van der Waals surface area (Å²) in [5.74, 6) is 0.615. The molecular weight excluding hydrogens is 222 g/mol. The predicted molar refractivity (Wildman–Crippen MR) is 76.2 cm³/mol. The molecule has 0 saturated heterocycles. The van der Waals surface area contributed by atoms with Crippen molar-refractivity contribution in [3.8, 4) is 0 Å². The van der Waals surface area contributed by atoms with Crippen LogP contribution in [0.4, 0.5) is 0 Å². The van der Waals surface area contributed by atoms with Crippen molar-refractivity contribution in [3.63, 3.8) is 0 Å². The molecule has 1 aromatic carbocycles. The van der Waals surface area contributed by atoms with Crippen molar-refractivity contribution < 1.29 is 0 Å². The molecule has 0 spiro atoms. The molecule has 3 heteroatoms. The topological polar surface area (TPSA) is 30.3 Å². The lowest BCUT2D eigenvalue weighted by Gasteiger charge is -2.49. The summed E-state index contributed by atoms with van der Waals surface area (Å²) in [4.78, 5) is 4.40. The van der Waals surface area contributed by atoms with Crippen molar-refractivity contribution in [3.05, 3.63) is 35.9 Å². The van der Waals surface area contributed by atoms with Crippen molar-refractivity contribution in [1.29, 1.82) is 5.41 Å². The van der Waals surface area contributed by atoms with Crippen molar-refractivity contribution in [2.24, 2.45) is 0 Å². The van der Waals surface area contributed by atoms with E-state index in [2.05, 4.69) is 23.9 Å². The molecule has 0 radical (unpaired) electrons. The number of rotatable bonds is 4. The highest BCUT2D eigenvalue weighted by Crippen LogP contribution is 2.36. The van der Waals surface area contributed by atoms with Crippen LogP contribution in [0.2, 0.25) is 0 Å². The van der Waals surface area contributed by atoms with Crippen LogP contribution in [0.3, 0.4) is 0 Å². The first kappa shape index (κ1) is 13.1. The van der Waals surface area contributed by atoms with Crippen LogP contribution in [-0.4, -0.2) is 48.9 Å². The van der Waals surface area contributed by atoms with E-state index >= 15 is 0 Å². The molecule has 2 rings (SSSR count). The second-order valence-electron chi connectivity index (χ2n) is 5.54. The molecule has 18 heavy (non-hydrogen) atoms. The van der Waals surface area contributed by atoms with E-state index in [0.717, 1.165) is 12.1 Å². The number of benzene rings is 1. The van der Waals surface area contributed by atoms with Crippen molar-refractivity contribution in [1.82, 2.24) is 9.80 Å². The van der Waals surface area contributed by atoms with E-state index in [9.17, 15) is 0 Å². The standard InChI is InChI=1S/C15H23N3/c1-17(2)15(10-7-11-15)12-18(3)14(16)13-8-5-4-6-9-13/h4-6,8-9,16H,7,10-12H2,1-3H3. The molecule has 1 saturated carbocycles. The zero-order valence-electron chi connectivity index (χ0n) is 11.6. The smallest absolute Gasteiger partial charge is 0.127 e. The number of hydrogen-bond acceptors (Lipinski definition) is 2. The van der Waals surface area contributed by atoms with Crippen molar-refractivity contribution in [2.45, 2.75) is 24.8 Å². The van der Waals surface area contributed by atoms with Gasteiger partial charge in [-0.3, -0.25) is 5.41 Å². The summed E-state index contributed by atoms with van der Waals surface area (Å²) >= 11 is 0. The monoisotopic (exact) mass is 245 g/mol. The molecule has 0 atom stereocenters. The van der Waals surface area contributed by atoms with E-state index in [4.69, 9.17) is 5.41 Å². The molecule has 0 heterocycles. The van der Waals surface area contributed by atoms with Gasteiger partial charge in [-0.15, -0.1) is 0 Å². The Bertz CT molecular complexity index is 407. The SMILES string of the molecule is CN(CC1(N(C)C)CCC1)C(=N)c1ccccc1. The van der Waals surface area contributed by atoms with Crippen molar-refractivity contribution >= 4 is 5.84 Å². The number of likely N-dealkylation sites (N-methyl/N-ethyl adjacent to an activating group) is 2. The summed E-state index contributed by atoms with van der Waals surface area (Å²) in [7, 11) is 6.33. The lowest BCUT2D eigenvalue weighted by atomic mass is 9.75. The predicted octanol–water partition coefficient (Wildman–Crippen LogP) is 2.43. The third-order valence-corrected chi connectivity index (χ3v) is 4.19.